The van der Waals surface area contributed by atoms with Crippen LogP contribution in [0.2, 0.25) is 0 Å². The lowest BCUT2D eigenvalue weighted by molar-refractivity contribution is 0.122. The van der Waals surface area contributed by atoms with Crippen molar-refractivity contribution in [2.75, 3.05) is 35.9 Å². The van der Waals surface area contributed by atoms with Gasteiger partial charge in [-0.3, -0.25) is 4.72 Å². The van der Waals surface area contributed by atoms with E-state index >= 15 is 0 Å². The van der Waals surface area contributed by atoms with Crippen LogP contribution < -0.4 is 9.62 Å². The summed E-state index contributed by atoms with van der Waals surface area (Å²) in [4.78, 5) is 7.13. The topological polar surface area (TPSA) is 71.5 Å². The van der Waals surface area contributed by atoms with Crippen LogP contribution in [0.4, 0.5) is 10.8 Å². The maximum Gasteiger partial charge on any atom is 0.261 e. The molecule has 1 aliphatic rings. The minimum atomic E-state index is -3.63. The first-order chi connectivity index (χ1) is 13.4. The molecule has 0 aliphatic carbocycles. The summed E-state index contributed by atoms with van der Waals surface area (Å²) in [5.74, 6) is 0.360. The predicted molar refractivity (Wildman–Crippen MR) is 114 cm³/mol. The summed E-state index contributed by atoms with van der Waals surface area (Å²) >= 11 is 1.57. The van der Waals surface area contributed by atoms with E-state index < -0.39 is 10.0 Å². The molecule has 2 aromatic carbocycles. The van der Waals surface area contributed by atoms with Crippen molar-refractivity contribution in [1.82, 2.24) is 4.98 Å². The van der Waals surface area contributed by atoms with Gasteiger partial charge in [-0.1, -0.05) is 37.3 Å². The highest BCUT2D eigenvalue weighted by atomic mass is 32.2. The Kier molecular flexibility index (Phi) is 5.27. The molecule has 0 radical (unpaired) electrons. The molecule has 4 rings (SSSR count). The molecule has 6 nitrogen and oxygen atoms in total. The smallest absolute Gasteiger partial charge is 0.261 e. The SMILES string of the molecule is CC(C)c1ccc(S(=O)(=O)Nc2ccc3nc(N4CCOCC4)sc3c2)cc1. The van der Waals surface area contributed by atoms with Crippen LogP contribution >= 0.6 is 11.3 Å². The van der Waals surface area contributed by atoms with Crippen molar-refractivity contribution in [3.8, 4) is 0 Å². The third-order valence-corrected chi connectivity index (χ3v) is 7.24. The molecule has 1 saturated heterocycles. The third-order valence-electron chi connectivity index (χ3n) is 4.77. The van der Waals surface area contributed by atoms with Crippen LogP contribution in [0.1, 0.15) is 25.3 Å². The number of sulfonamides is 1. The lowest BCUT2D eigenvalue weighted by atomic mass is 10.0. The van der Waals surface area contributed by atoms with Gasteiger partial charge in [0.25, 0.3) is 10.0 Å². The van der Waals surface area contributed by atoms with Gasteiger partial charge in [-0.2, -0.15) is 0 Å². The average Bonchev–Trinajstić information content (AvgIpc) is 3.12. The largest absolute Gasteiger partial charge is 0.378 e. The minimum Gasteiger partial charge on any atom is -0.378 e. The first kappa shape index (κ1) is 19.2. The van der Waals surface area contributed by atoms with Gasteiger partial charge in [0.1, 0.15) is 0 Å². The van der Waals surface area contributed by atoms with E-state index in [4.69, 9.17) is 4.74 Å². The van der Waals surface area contributed by atoms with Crippen LogP contribution in [0.25, 0.3) is 10.2 Å². The molecular formula is C20H23N3O3S2. The predicted octanol–water partition coefficient (Wildman–Crippen LogP) is 4.06. The Balaban J connectivity index is 1.56. The van der Waals surface area contributed by atoms with Gasteiger partial charge in [0.2, 0.25) is 0 Å². The number of anilines is 2. The number of aromatic nitrogens is 1. The fourth-order valence-corrected chi connectivity index (χ4v) is 5.22. The molecule has 148 valence electrons. The Labute approximate surface area is 169 Å². The van der Waals surface area contributed by atoms with Gasteiger partial charge in [-0.25, -0.2) is 13.4 Å². The Morgan fingerprint density at radius 3 is 2.50 bits per heavy atom. The van der Waals surface area contributed by atoms with Gasteiger partial charge in [0.05, 0.1) is 34.0 Å². The number of ether oxygens (including phenoxy) is 1. The lowest BCUT2D eigenvalue weighted by Crippen LogP contribution is -2.36. The van der Waals surface area contributed by atoms with E-state index in [0.717, 1.165) is 34.0 Å². The van der Waals surface area contributed by atoms with Crippen molar-refractivity contribution in [3.05, 3.63) is 48.0 Å². The second-order valence-corrected chi connectivity index (χ2v) is 9.80. The van der Waals surface area contributed by atoms with Crippen LogP contribution in [0.15, 0.2) is 47.4 Å². The first-order valence-electron chi connectivity index (χ1n) is 9.28. The minimum absolute atomic E-state index is 0.260. The summed E-state index contributed by atoms with van der Waals surface area (Å²) in [7, 11) is -3.63. The number of nitrogens with zero attached hydrogens (tertiary/aromatic N) is 2. The molecule has 0 spiro atoms. The van der Waals surface area contributed by atoms with Gasteiger partial charge >= 0.3 is 0 Å². The van der Waals surface area contributed by atoms with E-state index in [-0.39, 0.29) is 4.90 Å². The average molecular weight is 418 g/mol. The zero-order valence-corrected chi connectivity index (χ0v) is 17.5. The number of benzene rings is 2. The van der Waals surface area contributed by atoms with Crippen molar-refractivity contribution in [1.29, 1.82) is 0 Å². The summed E-state index contributed by atoms with van der Waals surface area (Å²) in [6.45, 7) is 7.22. The van der Waals surface area contributed by atoms with E-state index in [2.05, 4.69) is 28.5 Å². The maximum atomic E-state index is 12.7. The first-order valence-corrected chi connectivity index (χ1v) is 11.6. The summed E-state index contributed by atoms with van der Waals surface area (Å²) in [5.41, 5.74) is 2.52. The summed E-state index contributed by atoms with van der Waals surface area (Å²) in [5, 5.41) is 0.947. The molecule has 1 fully saturated rings. The molecule has 0 amide bonds. The lowest BCUT2D eigenvalue weighted by Gasteiger charge is -2.25. The molecule has 1 aromatic heterocycles. The third kappa shape index (κ3) is 3.99. The van der Waals surface area contributed by atoms with Gasteiger partial charge in [-0.15, -0.1) is 0 Å². The van der Waals surface area contributed by atoms with E-state index in [0.29, 0.717) is 24.8 Å². The second kappa shape index (κ2) is 7.69. The molecule has 3 aromatic rings. The fraction of sp³-hybridized carbons (Fsp3) is 0.350. The zero-order valence-electron chi connectivity index (χ0n) is 15.9. The summed E-state index contributed by atoms with van der Waals surface area (Å²) < 4.78 is 34.5. The number of hydrogen-bond acceptors (Lipinski definition) is 6. The fourth-order valence-electron chi connectivity index (χ4n) is 3.11. The van der Waals surface area contributed by atoms with Crippen molar-refractivity contribution in [2.24, 2.45) is 0 Å². The molecule has 8 heteroatoms. The zero-order chi connectivity index (χ0) is 19.7. The molecule has 28 heavy (non-hydrogen) atoms. The Morgan fingerprint density at radius 1 is 1.11 bits per heavy atom. The van der Waals surface area contributed by atoms with E-state index in [9.17, 15) is 8.42 Å². The van der Waals surface area contributed by atoms with Crippen molar-refractivity contribution in [3.63, 3.8) is 0 Å². The number of morpholine rings is 1. The van der Waals surface area contributed by atoms with Crippen LogP contribution in [-0.2, 0) is 14.8 Å². The number of fused-ring (bicyclic) bond motifs is 1. The standard InChI is InChI=1S/C20H23N3O3S2/c1-14(2)15-3-6-17(7-4-15)28(24,25)22-16-5-8-18-19(13-16)27-20(21-18)23-9-11-26-12-10-23/h3-8,13-14,22H,9-12H2,1-2H3. The van der Waals surface area contributed by atoms with Gasteiger partial charge in [-0.05, 0) is 41.8 Å². The van der Waals surface area contributed by atoms with E-state index in [1.165, 1.54) is 0 Å². The van der Waals surface area contributed by atoms with Gasteiger partial charge < -0.3 is 9.64 Å². The molecule has 0 unspecified atom stereocenters. The number of nitrogens with one attached hydrogen (secondary N) is 1. The Hall–Kier alpha value is -2.16. The van der Waals surface area contributed by atoms with Gasteiger partial charge in [0, 0.05) is 13.1 Å². The van der Waals surface area contributed by atoms with Crippen LogP contribution in [0.3, 0.4) is 0 Å². The Morgan fingerprint density at radius 2 is 1.82 bits per heavy atom. The number of hydrogen-bond donors (Lipinski definition) is 1. The monoisotopic (exact) mass is 417 g/mol. The van der Waals surface area contributed by atoms with E-state index in [1.54, 1.807) is 29.5 Å². The van der Waals surface area contributed by atoms with Gasteiger partial charge in [0.15, 0.2) is 5.13 Å². The summed E-state index contributed by atoms with van der Waals surface area (Å²) in [6.07, 6.45) is 0. The highest BCUT2D eigenvalue weighted by Gasteiger charge is 2.18. The molecule has 0 bridgehead atoms. The quantitative estimate of drug-likeness (QED) is 0.678. The number of thiazole rings is 1. The van der Waals surface area contributed by atoms with Crippen LogP contribution in [0, 0.1) is 0 Å². The van der Waals surface area contributed by atoms with Crippen molar-refractivity contribution in [2.45, 2.75) is 24.7 Å². The maximum absolute atomic E-state index is 12.7. The molecule has 1 aliphatic heterocycles. The van der Waals surface area contributed by atoms with Crippen molar-refractivity contribution >= 4 is 42.4 Å². The highest BCUT2D eigenvalue weighted by Crippen LogP contribution is 2.32. The normalized spacial score (nSPS) is 15.3. The molecule has 1 N–H and O–H groups in total. The van der Waals surface area contributed by atoms with E-state index in [1.807, 2.05) is 24.3 Å². The van der Waals surface area contributed by atoms with Crippen LogP contribution in [0.5, 0.6) is 0 Å². The van der Waals surface area contributed by atoms with Crippen molar-refractivity contribution < 1.29 is 13.2 Å². The number of rotatable bonds is 5. The van der Waals surface area contributed by atoms with Crippen LogP contribution in [-0.4, -0.2) is 39.7 Å². The second-order valence-electron chi connectivity index (χ2n) is 7.11. The Bertz CT molecular complexity index is 1070. The highest BCUT2D eigenvalue weighted by molar-refractivity contribution is 7.92. The summed E-state index contributed by atoms with van der Waals surface area (Å²) in [6, 6.07) is 12.5. The molecule has 2 heterocycles. The molecule has 0 saturated carbocycles. The molecule has 0 atom stereocenters. The molecular weight excluding hydrogens is 394 g/mol.